The first-order valence-corrected chi connectivity index (χ1v) is 13.1. The van der Waals surface area contributed by atoms with E-state index < -0.39 is 90.7 Å². The minimum atomic E-state index is -1.66. The molecule has 14 N–H and O–H groups in total. The van der Waals surface area contributed by atoms with Crippen LogP contribution in [0, 0.1) is 5.92 Å². The summed E-state index contributed by atoms with van der Waals surface area (Å²) in [5, 5.41) is 88.2. The van der Waals surface area contributed by atoms with E-state index >= 15 is 0 Å². The van der Waals surface area contributed by atoms with Gasteiger partial charge in [-0.1, -0.05) is 0 Å². The molecule has 16 heteroatoms. The molecule has 0 aromatic carbocycles. The molecule has 1 amide bonds. The van der Waals surface area contributed by atoms with Crippen LogP contribution in [0.5, 0.6) is 0 Å². The van der Waals surface area contributed by atoms with Crippen molar-refractivity contribution >= 4 is 5.91 Å². The number of rotatable bonds is 10. The highest BCUT2D eigenvalue weighted by Gasteiger charge is 2.55. The molecule has 2 heterocycles. The van der Waals surface area contributed by atoms with Crippen LogP contribution in [0.1, 0.15) is 19.8 Å². The molecule has 2 aliphatic heterocycles. The molecule has 1 unspecified atom stereocenters. The summed E-state index contributed by atoms with van der Waals surface area (Å²) in [5.41, 5.74) is 10.5. The van der Waals surface area contributed by atoms with E-state index in [1.807, 2.05) is 0 Å². The van der Waals surface area contributed by atoms with Crippen molar-refractivity contribution in [2.45, 2.75) is 98.7 Å². The predicted octanol–water partition coefficient (Wildman–Crippen LogP) is -6.83. The third-order valence-corrected chi connectivity index (χ3v) is 7.58. The normalized spacial score (nSPS) is 46.0. The van der Waals surface area contributed by atoms with Gasteiger partial charge in [0.15, 0.2) is 6.29 Å². The lowest BCUT2D eigenvalue weighted by Crippen LogP contribution is -2.70. The monoisotopic (exact) mass is 568 g/mol. The number of ether oxygens (including phenoxy) is 3. The van der Waals surface area contributed by atoms with Gasteiger partial charge >= 0.3 is 0 Å². The standard InChI is InChI=1S/C23H44N4O12/c1-23(36)5-11(29)22(37-8-23)39-19-10(27-21(35)12(30)6-24)4-9(25)14(16(19)32)20-18(34)17(33)15(31)13(38-20)7-26-2-3-28/h9-20,22,26,28-34,36H,2-8,24-25H2,1H3,(H,27,35)/t9-,10+,11+,12-,13+,14?,15+,16-,17-,18+,19-,20+,22+,23+/m0/s1. The summed E-state index contributed by atoms with van der Waals surface area (Å²) in [6, 6.07) is -1.94. The van der Waals surface area contributed by atoms with Crippen LogP contribution >= 0.6 is 0 Å². The second-order valence-corrected chi connectivity index (χ2v) is 10.9. The summed E-state index contributed by atoms with van der Waals surface area (Å²) in [4.78, 5) is 12.4. The first kappa shape index (κ1) is 32.4. The zero-order valence-corrected chi connectivity index (χ0v) is 21.8. The molecule has 228 valence electrons. The van der Waals surface area contributed by atoms with E-state index in [-0.39, 0.29) is 45.7 Å². The number of hydrogen-bond acceptors (Lipinski definition) is 15. The van der Waals surface area contributed by atoms with Crippen molar-refractivity contribution in [3.63, 3.8) is 0 Å². The Morgan fingerprint density at radius 2 is 1.85 bits per heavy atom. The maximum Gasteiger partial charge on any atom is 0.250 e. The van der Waals surface area contributed by atoms with Gasteiger partial charge in [0, 0.05) is 38.0 Å². The fourth-order valence-electron chi connectivity index (χ4n) is 5.49. The Morgan fingerprint density at radius 1 is 1.15 bits per heavy atom. The van der Waals surface area contributed by atoms with Crippen molar-refractivity contribution in [2.24, 2.45) is 17.4 Å². The Balaban J connectivity index is 1.85. The molecule has 0 radical (unpaired) electrons. The number of amides is 1. The fraction of sp³-hybridized carbons (Fsp3) is 0.957. The number of carbonyl (C=O) groups excluding carboxylic acids is 1. The molecular formula is C23H44N4O12. The summed E-state index contributed by atoms with van der Waals surface area (Å²) < 4.78 is 17.3. The fourth-order valence-corrected chi connectivity index (χ4v) is 5.49. The first-order valence-electron chi connectivity index (χ1n) is 13.1. The van der Waals surface area contributed by atoms with E-state index in [0.29, 0.717) is 0 Å². The van der Waals surface area contributed by atoms with Crippen molar-refractivity contribution in [3.8, 4) is 0 Å². The molecule has 0 spiro atoms. The SMILES string of the molecule is C[C@]1(O)CO[C@H](O[C@H]2[C@H](NC(=O)[C@@H](O)CN)C[C@H](N)C([C@H]3O[C@H](CNCCO)[C@@H](O)[C@H](O)[C@H]3O)[C@@H]2O)[C@H](O)C1. The molecule has 14 atom stereocenters. The number of hydrogen-bond donors (Lipinski definition) is 12. The predicted molar refractivity (Wildman–Crippen MR) is 132 cm³/mol. The van der Waals surface area contributed by atoms with Crippen molar-refractivity contribution in [2.75, 3.05) is 32.8 Å². The molecule has 0 aromatic rings. The van der Waals surface area contributed by atoms with Gasteiger partial charge in [-0.25, -0.2) is 0 Å². The third kappa shape index (κ3) is 7.60. The van der Waals surface area contributed by atoms with Crippen LogP contribution in [0.3, 0.4) is 0 Å². The second kappa shape index (κ2) is 13.7. The van der Waals surface area contributed by atoms with Gasteiger partial charge in [-0.15, -0.1) is 0 Å². The van der Waals surface area contributed by atoms with Crippen LogP contribution < -0.4 is 22.1 Å². The Labute approximate surface area is 225 Å². The van der Waals surface area contributed by atoms with Gasteiger partial charge in [-0.05, 0) is 13.3 Å². The lowest BCUT2D eigenvalue weighted by atomic mass is 9.72. The molecule has 3 rings (SSSR count). The molecule has 3 fully saturated rings. The van der Waals surface area contributed by atoms with Crippen LogP contribution in [0.4, 0.5) is 0 Å². The van der Waals surface area contributed by atoms with Crippen LogP contribution in [0.15, 0.2) is 0 Å². The summed E-state index contributed by atoms with van der Waals surface area (Å²) >= 11 is 0. The Bertz CT molecular complexity index is 796. The molecule has 1 aliphatic carbocycles. The van der Waals surface area contributed by atoms with Gasteiger partial charge in [0.25, 0.3) is 0 Å². The Morgan fingerprint density at radius 3 is 2.46 bits per heavy atom. The zero-order chi connectivity index (χ0) is 29.1. The topological polar surface area (TPSA) is 283 Å². The first-order chi connectivity index (χ1) is 18.3. The van der Waals surface area contributed by atoms with E-state index in [1.54, 1.807) is 0 Å². The van der Waals surface area contributed by atoms with E-state index in [9.17, 15) is 40.5 Å². The largest absolute Gasteiger partial charge is 0.395 e. The van der Waals surface area contributed by atoms with Gasteiger partial charge in [-0.3, -0.25) is 4.79 Å². The summed E-state index contributed by atoms with van der Waals surface area (Å²) in [6.07, 6.45) is -14.3. The minimum Gasteiger partial charge on any atom is -0.395 e. The molecular weight excluding hydrogens is 524 g/mol. The zero-order valence-electron chi connectivity index (χ0n) is 21.8. The molecule has 1 saturated carbocycles. The van der Waals surface area contributed by atoms with Crippen molar-refractivity contribution in [1.82, 2.24) is 10.6 Å². The molecule has 16 nitrogen and oxygen atoms in total. The highest BCUT2D eigenvalue weighted by molar-refractivity contribution is 5.81. The summed E-state index contributed by atoms with van der Waals surface area (Å²) in [6.45, 7) is 0.942. The van der Waals surface area contributed by atoms with E-state index in [4.69, 9.17) is 30.8 Å². The molecule has 0 aromatic heterocycles. The van der Waals surface area contributed by atoms with Crippen molar-refractivity contribution in [1.29, 1.82) is 0 Å². The lowest BCUT2D eigenvalue weighted by Gasteiger charge is -2.51. The van der Waals surface area contributed by atoms with Crippen LogP contribution in [-0.2, 0) is 19.0 Å². The molecule has 3 aliphatic rings. The van der Waals surface area contributed by atoms with Gasteiger partial charge in [0.05, 0.1) is 43.2 Å². The second-order valence-electron chi connectivity index (χ2n) is 10.9. The van der Waals surface area contributed by atoms with Crippen molar-refractivity contribution < 1.29 is 59.9 Å². The molecule has 2 saturated heterocycles. The van der Waals surface area contributed by atoms with Crippen LogP contribution in [0.25, 0.3) is 0 Å². The van der Waals surface area contributed by atoms with E-state index in [0.717, 1.165) is 0 Å². The maximum absolute atomic E-state index is 12.4. The van der Waals surface area contributed by atoms with Crippen LogP contribution in [-0.4, -0.2) is 159 Å². The van der Waals surface area contributed by atoms with Gasteiger partial charge in [0.1, 0.15) is 36.6 Å². The molecule has 39 heavy (non-hydrogen) atoms. The highest BCUT2D eigenvalue weighted by atomic mass is 16.7. The number of nitrogens with two attached hydrogens (primary N) is 2. The Hall–Kier alpha value is -1.09. The minimum absolute atomic E-state index is 0.0116. The highest BCUT2D eigenvalue weighted by Crippen LogP contribution is 2.37. The van der Waals surface area contributed by atoms with Crippen LogP contribution in [0.2, 0.25) is 0 Å². The summed E-state index contributed by atoms with van der Waals surface area (Å²) in [7, 11) is 0. The number of aliphatic hydroxyl groups excluding tert-OH is 7. The average Bonchev–Trinajstić information content (AvgIpc) is 2.87. The van der Waals surface area contributed by atoms with Crippen molar-refractivity contribution in [3.05, 3.63) is 0 Å². The Kier molecular flexibility index (Phi) is 11.4. The van der Waals surface area contributed by atoms with Gasteiger partial charge in [0.2, 0.25) is 5.91 Å². The smallest absolute Gasteiger partial charge is 0.250 e. The number of nitrogens with one attached hydrogen (secondary N) is 2. The van der Waals surface area contributed by atoms with E-state index in [2.05, 4.69) is 10.6 Å². The van der Waals surface area contributed by atoms with Gasteiger partial charge < -0.3 is 77.2 Å². The van der Waals surface area contributed by atoms with Gasteiger partial charge in [-0.2, -0.15) is 0 Å². The van der Waals surface area contributed by atoms with E-state index in [1.165, 1.54) is 6.92 Å². The number of aliphatic hydroxyl groups is 8. The summed E-state index contributed by atoms with van der Waals surface area (Å²) in [5.74, 6) is -1.94. The maximum atomic E-state index is 12.4. The lowest BCUT2D eigenvalue weighted by molar-refractivity contribution is -0.297. The number of carbonyl (C=O) groups is 1. The molecule has 0 bridgehead atoms. The third-order valence-electron chi connectivity index (χ3n) is 7.58. The average molecular weight is 569 g/mol. The quantitative estimate of drug-likeness (QED) is 0.109.